The number of nitrogens with zero attached hydrogens (tertiary/aromatic N) is 2. The van der Waals surface area contributed by atoms with Crippen molar-refractivity contribution in [2.45, 2.75) is 39.3 Å². The molecule has 2 aromatic rings. The number of amides is 1. The second-order valence-corrected chi connectivity index (χ2v) is 7.87. The van der Waals surface area contributed by atoms with Crippen molar-refractivity contribution >= 4 is 30.7 Å². The molecule has 1 aliphatic rings. The van der Waals surface area contributed by atoms with Crippen LogP contribution < -0.4 is 10.1 Å². The molecule has 7 heteroatoms. The van der Waals surface area contributed by atoms with Gasteiger partial charge < -0.3 is 15.0 Å². The lowest BCUT2D eigenvalue weighted by atomic mass is 10.1. The van der Waals surface area contributed by atoms with Gasteiger partial charge in [0.15, 0.2) is 0 Å². The van der Waals surface area contributed by atoms with Gasteiger partial charge in [0.2, 0.25) is 0 Å². The van der Waals surface area contributed by atoms with Crippen LogP contribution in [0.5, 0.6) is 5.75 Å². The molecule has 1 aliphatic heterocycles. The number of hydrogen-bond acceptors (Lipinski definition) is 4. The summed E-state index contributed by atoms with van der Waals surface area (Å²) < 4.78 is 5.49. The summed E-state index contributed by atoms with van der Waals surface area (Å²) in [6, 6.07) is 16.5. The Bertz CT molecular complexity index is 807. The molecule has 0 aliphatic carbocycles. The van der Waals surface area contributed by atoms with Crippen molar-refractivity contribution in [3.8, 4) is 5.75 Å². The van der Waals surface area contributed by atoms with Crippen molar-refractivity contribution in [1.82, 2.24) is 15.1 Å². The van der Waals surface area contributed by atoms with Gasteiger partial charge in [-0.2, -0.15) is 0 Å². The van der Waals surface area contributed by atoms with E-state index in [4.69, 9.17) is 4.74 Å². The van der Waals surface area contributed by atoms with Crippen LogP contribution in [-0.2, 0) is 13.0 Å². The van der Waals surface area contributed by atoms with Gasteiger partial charge in [-0.15, -0.1) is 24.8 Å². The van der Waals surface area contributed by atoms with E-state index in [0.29, 0.717) is 6.54 Å². The number of nitrogens with one attached hydrogen (secondary N) is 1. The summed E-state index contributed by atoms with van der Waals surface area (Å²) in [6.45, 7) is 9.85. The van der Waals surface area contributed by atoms with Crippen LogP contribution in [-0.4, -0.2) is 61.6 Å². The van der Waals surface area contributed by atoms with Crippen molar-refractivity contribution < 1.29 is 9.53 Å². The first kappa shape index (κ1) is 28.2. The standard InChI is InChI=1S/C25H35N3O2.2ClH/c1-4-27(5-2)19-20-10-12-22(13-11-20)25(29)28(23-14-16-26-18-23)17-15-21-8-6-7-9-24(21)30-3;;/h6-13,23,26H,4-5,14-19H2,1-3H3;2*1H/t23-;;/m1../s1. The number of halogens is 2. The topological polar surface area (TPSA) is 44.8 Å². The minimum Gasteiger partial charge on any atom is -0.496 e. The van der Waals surface area contributed by atoms with Crippen LogP contribution in [0.1, 0.15) is 41.8 Å². The Kier molecular flexibility index (Phi) is 12.7. The molecule has 3 rings (SSSR count). The largest absolute Gasteiger partial charge is 0.496 e. The van der Waals surface area contributed by atoms with E-state index < -0.39 is 0 Å². The molecule has 32 heavy (non-hydrogen) atoms. The molecular weight excluding hydrogens is 445 g/mol. The van der Waals surface area contributed by atoms with Gasteiger partial charge in [-0.05, 0) is 61.8 Å². The Morgan fingerprint density at radius 2 is 1.75 bits per heavy atom. The highest BCUT2D eigenvalue weighted by molar-refractivity contribution is 5.94. The minimum absolute atomic E-state index is 0. The molecule has 0 spiro atoms. The van der Waals surface area contributed by atoms with E-state index in [-0.39, 0.29) is 36.8 Å². The Morgan fingerprint density at radius 1 is 1.06 bits per heavy atom. The van der Waals surface area contributed by atoms with Gasteiger partial charge in [-0.1, -0.05) is 44.2 Å². The molecule has 2 aromatic carbocycles. The van der Waals surface area contributed by atoms with Crippen LogP contribution in [0.25, 0.3) is 0 Å². The van der Waals surface area contributed by atoms with Gasteiger partial charge in [0.25, 0.3) is 5.91 Å². The van der Waals surface area contributed by atoms with Crippen LogP contribution in [0.3, 0.4) is 0 Å². The number of methoxy groups -OCH3 is 1. The Balaban J connectivity index is 0.00000256. The third-order valence-electron chi connectivity index (χ3n) is 6.05. The predicted molar refractivity (Wildman–Crippen MR) is 137 cm³/mol. The first-order chi connectivity index (χ1) is 14.7. The third kappa shape index (κ3) is 7.38. The maximum Gasteiger partial charge on any atom is 0.254 e. The van der Waals surface area contributed by atoms with Crippen molar-refractivity contribution in [3.05, 3.63) is 65.2 Å². The number of benzene rings is 2. The molecule has 1 heterocycles. The third-order valence-corrected chi connectivity index (χ3v) is 6.05. The number of carbonyl (C=O) groups is 1. The fourth-order valence-electron chi connectivity index (χ4n) is 4.13. The molecule has 1 amide bonds. The van der Waals surface area contributed by atoms with Crippen LogP contribution >= 0.6 is 24.8 Å². The van der Waals surface area contributed by atoms with Crippen molar-refractivity contribution in [1.29, 1.82) is 0 Å². The number of ether oxygens (including phenoxy) is 1. The second-order valence-electron chi connectivity index (χ2n) is 7.87. The molecule has 1 fully saturated rings. The zero-order chi connectivity index (χ0) is 21.3. The fraction of sp³-hybridized carbons (Fsp3) is 0.480. The minimum atomic E-state index is 0. The SMILES string of the molecule is CCN(CC)Cc1ccc(C(=O)N(CCc2ccccc2OC)[C@@H]2CCNC2)cc1.Cl.Cl. The lowest BCUT2D eigenvalue weighted by Crippen LogP contribution is -2.42. The second kappa shape index (κ2) is 14.4. The molecule has 178 valence electrons. The van der Waals surface area contributed by atoms with Gasteiger partial charge in [-0.25, -0.2) is 0 Å². The fourth-order valence-corrected chi connectivity index (χ4v) is 4.13. The summed E-state index contributed by atoms with van der Waals surface area (Å²) in [4.78, 5) is 17.8. The van der Waals surface area contributed by atoms with Crippen LogP contribution in [0.4, 0.5) is 0 Å². The van der Waals surface area contributed by atoms with Crippen LogP contribution in [0.15, 0.2) is 48.5 Å². The quantitative estimate of drug-likeness (QED) is 0.545. The highest BCUT2D eigenvalue weighted by Gasteiger charge is 2.27. The Morgan fingerprint density at radius 3 is 2.34 bits per heavy atom. The summed E-state index contributed by atoms with van der Waals surface area (Å²) in [7, 11) is 1.70. The maximum atomic E-state index is 13.4. The number of carbonyl (C=O) groups excluding carboxylic acids is 1. The van der Waals surface area contributed by atoms with Crippen molar-refractivity contribution in [2.75, 3.05) is 39.8 Å². The molecule has 0 unspecified atom stereocenters. The molecule has 0 radical (unpaired) electrons. The zero-order valence-electron chi connectivity index (χ0n) is 19.4. The first-order valence-corrected chi connectivity index (χ1v) is 11.1. The average molecular weight is 482 g/mol. The van der Waals surface area contributed by atoms with E-state index in [2.05, 4.69) is 42.3 Å². The molecule has 0 bridgehead atoms. The van der Waals surface area contributed by atoms with Gasteiger partial charge in [0.05, 0.1) is 7.11 Å². The Hall–Kier alpha value is -1.79. The lowest BCUT2D eigenvalue weighted by molar-refractivity contribution is 0.0694. The maximum absolute atomic E-state index is 13.4. The molecule has 0 aromatic heterocycles. The van der Waals surface area contributed by atoms with Crippen LogP contribution in [0, 0.1) is 0 Å². The van der Waals surface area contributed by atoms with E-state index >= 15 is 0 Å². The van der Waals surface area contributed by atoms with Gasteiger partial charge in [0, 0.05) is 31.2 Å². The average Bonchev–Trinajstić information content (AvgIpc) is 3.32. The lowest BCUT2D eigenvalue weighted by Gasteiger charge is -2.29. The Labute approximate surface area is 205 Å². The van der Waals surface area contributed by atoms with E-state index in [0.717, 1.165) is 62.4 Å². The number of rotatable bonds is 10. The smallest absolute Gasteiger partial charge is 0.254 e. The van der Waals surface area contributed by atoms with Crippen LogP contribution in [0.2, 0.25) is 0 Å². The summed E-state index contributed by atoms with van der Waals surface area (Å²) in [5, 5.41) is 3.40. The summed E-state index contributed by atoms with van der Waals surface area (Å²) in [5.74, 6) is 1.00. The molecule has 5 nitrogen and oxygen atoms in total. The first-order valence-electron chi connectivity index (χ1n) is 11.1. The summed E-state index contributed by atoms with van der Waals surface area (Å²) in [5.41, 5.74) is 3.15. The number of para-hydroxylation sites is 1. The monoisotopic (exact) mass is 481 g/mol. The molecule has 1 atom stereocenters. The van der Waals surface area contributed by atoms with E-state index in [1.54, 1.807) is 7.11 Å². The van der Waals surface area contributed by atoms with Crippen molar-refractivity contribution in [3.63, 3.8) is 0 Å². The van der Waals surface area contributed by atoms with Gasteiger partial charge in [-0.3, -0.25) is 9.69 Å². The molecule has 0 saturated carbocycles. The zero-order valence-corrected chi connectivity index (χ0v) is 21.0. The van der Waals surface area contributed by atoms with Crippen molar-refractivity contribution in [2.24, 2.45) is 0 Å². The molecular formula is C25H37Cl2N3O2. The number of hydrogen-bond donors (Lipinski definition) is 1. The normalized spacial score (nSPS) is 15.1. The summed E-state index contributed by atoms with van der Waals surface area (Å²) >= 11 is 0. The molecule has 1 saturated heterocycles. The van der Waals surface area contributed by atoms with E-state index in [9.17, 15) is 4.79 Å². The highest BCUT2D eigenvalue weighted by Crippen LogP contribution is 2.21. The van der Waals surface area contributed by atoms with Gasteiger partial charge in [0.1, 0.15) is 5.75 Å². The molecule has 1 N–H and O–H groups in total. The van der Waals surface area contributed by atoms with Gasteiger partial charge >= 0.3 is 0 Å². The summed E-state index contributed by atoms with van der Waals surface area (Å²) in [6.07, 6.45) is 1.78. The van der Waals surface area contributed by atoms with E-state index in [1.165, 1.54) is 5.56 Å². The van der Waals surface area contributed by atoms with E-state index in [1.807, 2.05) is 35.2 Å². The predicted octanol–water partition coefficient (Wildman–Crippen LogP) is 4.43. The highest BCUT2D eigenvalue weighted by atomic mass is 35.5.